The van der Waals surface area contributed by atoms with E-state index in [4.69, 9.17) is 4.42 Å². The normalized spacial score (nSPS) is 22.1. The summed E-state index contributed by atoms with van der Waals surface area (Å²) >= 11 is 0. The molecule has 6 nitrogen and oxygen atoms in total. The first-order chi connectivity index (χ1) is 13.2. The van der Waals surface area contributed by atoms with Gasteiger partial charge in [-0.05, 0) is 31.4 Å². The molecule has 6 heteroatoms. The maximum absolute atomic E-state index is 12.4. The second-order valence-corrected chi connectivity index (χ2v) is 7.93. The fraction of sp³-hybridized carbons (Fsp3) is 0.619. The number of likely N-dealkylation sites (tertiary alicyclic amines) is 1. The predicted molar refractivity (Wildman–Crippen MR) is 105 cm³/mol. The average molecular weight is 371 g/mol. The lowest BCUT2D eigenvalue weighted by atomic mass is 10.1. The van der Waals surface area contributed by atoms with E-state index < -0.39 is 5.76 Å². The van der Waals surface area contributed by atoms with E-state index >= 15 is 0 Å². The van der Waals surface area contributed by atoms with E-state index in [-0.39, 0.29) is 11.9 Å². The van der Waals surface area contributed by atoms with Crippen LogP contribution in [0.1, 0.15) is 51.4 Å². The van der Waals surface area contributed by atoms with Crippen LogP contribution in [0.15, 0.2) is 33.5 Å². The molecule has 1 saturated carbocycles. The molecular formula is C21H29N3O3. The third-order valence-electron chi connectivity index (χ3n) is 6.06. The number of carbonyl (C=O) groups excluding carboxylic acids is 1. The molecule has 0 radical (unpaired) electrons. The number of fused-ring (bicyclic) bond motifs is 1. The molecule has 1 aliphatic carbocycles. The van der Waals surface area contributed by atoms with Crippen molar-refractivity contribution in [2.45, 2.75) is 70.0 Å². The van der Waals surface area contributed by atoms with Crippen LogP contribution in [-0.2, 0) is 11.3 Å². The molecule has 2 heterocycles. The Morgan fingerprint density at radius 2 is 1.89 bits per heavy atom. The summed E-state index contributed by atoms with van der Waals surface area (Å²) in [6.07, 6.45) is 9.34. The van der Waals surface area contributed by atoms with Gasteiger partial charge in [0.15, 0.2) is 5.58 Å². The van der Waals surface area contributed by atoms with Crippen LogP contribution in [0.2, 0.25) is 0 Å². The van der Waals surface area contributed by atoms with Gasteiger partial charge in [0, 0.05) is 38.1 Å². The Bertz CT molecular complexity index is 833. The van der Waals surface area contributed by atoms with Crippen LogP contribution >= 0.6 is 0 Å². The number of hydrogen-bond acceptors (Lipinski definition) is 4. The number of nitrogens with zero attached hydrogens (tertiary/aromatic N) is 2. The van der Waals surface area contributed by atoms with Crippen LogP contribution in [0.25, 0.3) is 11.1 Å². The number of hydrogen-bond donors (Lipinski definition) is 1. The van der Waals surface area contributed by atoms with Gasteiger partial charge in [-0.15, -0.1) is 0 Å². The summed E-state index contributed by atoms with van der Waals surface area (Å²) in [7, 11) is 0. The van der Waals surface area contributed by atoms with Crippen molar-refractivity contribution in [2.24, 2.45) is 0 Å². The minimum atomic E-state index is -0.399. The zero-order valence-electron chi connectivity index (χ0n) is 15.9. The number of oxazole rings is 1. The van der Waals surface area contributed by atoms with Crippen molar-refractivity contribution in [1.29, 1.82) is 0 Å². The monoisotopic (exact) mass is 371 g/mol. The van der Waals surface area contributed by atoms with E-state index in [1.54, 1.807) is 10.6 Å². The largest absolute Gasteiger partial charge is 0.419 e. The highest BCUT2D eigenvalue weighted by molar-refractivity contribution is 5.77. The van der Waals surface area contributed by atoms with E-state index in [0.29, 0.717) is 24.6 Å². The number of aryl methyl sites for hydroxylation is 1. The second-order valence-electron chi connectivity index (χ2n) is 7.93. The molecule has 146 valence electrons. The van der Waals surface area contributed by atoms with Gasteiger partial charge >= 0.3 is 5.76 Å². The van der Waals surface area contributed by atoms with Gasteiger partial charge < -0.3 is 9.73 Å². The van der Waals surface area contributed by atoms with Crippen LogP contribution in [0.3, 0.4) is 0 Å². The molecule has 1 atom stereocenters. The molecule has 1 aliphatic heterocycles. The molecule has 2 fully saturated rings. The number of rotatable bonds is 5. The number of aromatic nitrogens is 1. The molecule has 1 aromatic heterocycles. The minimum absolute atomic E-state index is 0.0138. The van der Waals surface area contributed by atoms with Gasteiger partial charge in [-0.3, -0.25) is 14.3 Å². The summed E-state index contributed by atoms with van der Waals surface area (Å²) in [5.41, 5.74) is 1.31. The number of carbonyl (C=O) groups is 1. The van der Waals surface area contributed by atoms with E-state index in [9.17, 15) is 9.59 Å². The molecule has 0 spiro atoms. The van der Waals surface area contributed by atoms with Crippen LogP contribution in [0, 0.1) is 0 Å². The number of para-hydroxylation sites is 2. The lowest BCUT2D eigenvalue weighted by Crippen LogP contribution is -2.40. The molecule has 1 N–H and O–H groups in total. The molecular weight excluding hydrogens is 342 g/mol. The number of amides is 1. The summed E-state index contributed by atoms with van der Waals surface area (Å²) in [4.78, 5) is 27.0. The third kappa shape index (κ3) is 4.26. The van der Waals surface area contributed by atoms with Gasteiger partial charge in [0.2, 0.25) is 5.91 Å². The minimum Gasteiger partial charge on any atom is -0.408 e. The zero-order chi connectivity index (χ0) is 18.6. The van der Waals surface area contributed by atoms with Gasteiger partial charge in [-0.1, -0.05) is 37.8 Å². The van der Waals surface area contributed by atoms with E-state index in [2.05, 4.69) is 10.2 Å². The fourth-order valence-electron chi connectivity index (χ4n) is 4.60. The van der Waals surface area contributed by atoms with Crippen LogP contribution in [-0.4, -0.2) is 40.5 Å². The topological polar surface area (TPSA) is 67.5 Å². The smallest absolute Gasteiger partial charge is 0.408 e. The molecule has 2 aliphatic rings. The first-order valence-corrected chi connectivity index (χ1v) is 10.3. The van der Waals surface area contributed by atoms with Gasteiger partial charge in [0.25, 0.3) is 0 Å². The van der Waals surface area contributed by atoms with Crippen molar-refractivity contribution in [2.75, 3.05) is 13.1 Å². The SMILES string of the molecule is O=C(CCn1c(=O)oc2ccccc21)NC1CCN(C2CCCCCC2)C1. The van der Waals surface area contributed by atoms with Crippen LogP contribution in [0.4, 0.5) is 0 Å². The first kappa shape index (κ1) is 18.3. The summed E-state index contributed by atoms with van der Waals surface area (Å²) in [6, 6.07) is 8.26. The van der Waals surface area contributed by atoms with E-state index in [1.807, 2.05) is 18.2 Å². The summed E-state index contributed by atoms with van der Waals surface area (Å²) < 4.78 is 6.77. The van der Waals surface area contributed by atoms with Gasteiger partial charge in [0.1, 0.15) is 0 Å². The molecule has 27 heavy (non-hydrogen) atoms. The molecule has 1 amide bonds. The Kier molecular flexibility index (Phi) is 5.62. The van der Waals surface area contributed by atoms with Crippen molar-refractivity contribution in [3.05, 3.63) is 34.8 Å². The third-order valence-corrected chi connectivity index (χ3v) is 6.06. The quantitative estimate of drug-likeness (QED) is 0.821. The summed E-state index contributed by atoms with van der Waals surface area (Å²) in [5, 5.41) is 3.17. The maximum atomic E-state index is 12.4. The highest BCUT2D eigenvalue weighted by atomic mass is 16.4. The molecule has 0 bridgehead atoms. The van der Waals surface area contributed by atoms with Crippen molar-refractivity contribution in [3.63, 3.8) is 0 Å². The first-order valence-electron chi connectivity index (χ1n) is 10.3. The van der Waals surface area contributed by atoms with Gasteiger partial charge in [-0.25, -0.2) is 4.79 Å². The van der Waals surface area contributed by atoms with Crippen LogP contribution in [0.5, 0.6) is 0 Å². The van der Waals surface area contributed by atoms with Crippen molar-refractivity contribution in [3.8, 4) is 0 Å². The maximum Gasteiger partial charge on any atom is 0.419 e. The lowest BCUT2D eigenvalue weighted by molar-refractivity contribution is -0.121. The molecule has 1 unspecified atom stereocenters. The second kappa shape index (κ2) is 8.30. The van der Waals surface area contributed by atoms with Crippen molar-refractivity contribution >= 4 is 17.0 Å². The fourth-order valence-corrected chi connectivity index (χ4v) is 4.60. The Labute approximate surface area is 159 Å². The lowest BCUT2D eigenvalue weighted by Gasteiger charge is -2.26. The average Bonchev–Trinajstić information content (AvgIpc) is 3.13. The summed E-state index contributed by atoms with van der Waals surface area (Å²) in [5.74, 6) is -0.385. The predicted octanol–water partition coefficient (Wildman–Crippen LogP) is 2.90. The standard InChI is InChI=1S/C21H29N3O3/c25-20(12-14-24-18-9-5-6-10-19(18)27-21(24)26)22-16-11-13-23(15-16)17-7-3-1-2-4-8-17/h5-6,9-10,16-17H,1-4,7-8,11-15H2,(H,22,25). The van der Waals surface area contributed by atoms with E-state index in [1.165, 1.54) is 38.5 Å². The molecule has 4 rings (SSSR count). The Morgan fingerprint density at radius 3 is 2.70 bits per heavy atom. The van der Waals surface area contributed by atoms with Gasteiger partial charge in [0.05, 0.1) is 5.52 Å². The molecule has 2 aromatic rings. The number of benzene rings is 1. The molecule has 1 saturated heterocycles. The van der Waals surface area contributed by atoms with Crippen molar-refractivity contribution < 1.29 is 9.21 Å². The van der Waals surface area contributed by atoms with Crippen molar-refractivity contribution in [1.82, 2.24) is 14.8 Å². The Balaban J connectivity index is 1.28. The highest BCUT2D eigenvalue weighted by Gasteiger charge is 2.29. The Morgan fingerprint density at radius 1 is 1.11 bits per heavy atom. The Hall–Kier alpha value is -2.08. The highest BCUT2D eigenvalue weighted by Crippen LogP contribution is 2.25. The molecule has 1 aromatic carbocycles. The zero-order valence-corrected chi connectivity index (χ0v) is 15.9. The number of nitrogens with one attached hydrogen (secondary N) is 1. The summed E-state index contributed by atoms with van der Waals surface area (Å²) in [6.45, 7) is 2.40. The van der Waals surface area contributed by atoms with Crippen LogP contribution < -0.4 is 11.1 Å². The van der Waals surface area contributed by atoms with E-state index in [0.717, 1.165) is 25.0 Å². The van der Waals surface area contributed by atoms with Gasteiger partial charge in [-0.2, -0.15) is 0 Å².